The summed E-state index contributed by atoms with van der Waals surface area (Å²) in [6, 6.07) is 9.27. The van der Waals surface area contributed by atoms with E-state index in [1.165, 1.54) is 7.11 Å². The van der Waals surface area contributed by atoms with E-state index >= 15 is 0 Å². The molecule has 0 atom stereocenters. The van der Waals surface area contributed by atoms with E-state index in [1.807, 2.05) is 23.6 Å². The van der Waals surface area contributed by atoms with E-state index in [1.54, 1.807) is 23.5 Å². The smallest absolute Gasteiger partial charge is 0.337 e. The van der Waals surface area contributed by atoms with Crippen molar-refractivity contribution >= 4 is 28.3 Å². The van der Waals surface area contributed by atoms with Gasteiger partial charge in [-0.3, -0.25) is 0 Å². The second-order valence-corrected chi connectivity index (χ2v) is 4.73. The number of rotatable bonds is 2. The van der Waals surface area contributed by atoms with Crippen molar-refractivity contribution in [1.82, 2.24) is 9.97 Å². The number of thiophene rings is 1. The molecule has 0 aliphatic carbocycles. The summed E-state index contributed by atoms with van der Waals surface area (Å²) in [4.78, 5) is 20.2. The molecule has 2 heterocycles. The van der Waals surface area contributed by atoms with E-state index in [0.29, 0.717) is 5.56 Å². The second-order valence-electron chi connectivity index (χ2n) is 3.79. The zero-order valence-electron chi connectivity index (χ0n) is 9.64. The molecule has 0 bridgehead atoms. The number of hydrogen-bond donors (Lipinski definition) is 1. The highest BCUT2D eigenvalue weighted by Gasteiger charge is 2.10. The van der Waals surface area contributed by atoms with Gasteiger partial charge in [0.25, 0.3) is 0 Å². The van der Waals surface area contributed by atoms with Crippen LogP contribution in [0.4, 0.5) is 0 Å². The number of fused-ring (bicyclic) bond motifs is 1. The summed E-state index contributed by atoms with van der Waals surface area (Å²) in [5, 5.41) is 2.00. The molecule has 3 aromatic rings. The Bertz CT molecular complexity index is 701. The minimum atomic E-state index is -0.343. The van der Waals surface area contributed by atoms with E-state index in [0.717, 1.165) is 21.7 Å². The van der Waals surface area contributed by atoms with Crippen molar-refractivity contribution in [3.8, 4) is 10.7 Å². The molecule has 0 saturated heterocycles. The van der Waals surface area contributed by atoms with Crippen molar-refractivity contribution in [1.29, 1.82) is 0 Å². The summed E-state index contributed by atoms with van der Waals surface area (Å²) < 4.78 is 4.69. The number of aromatic amines is 1. The third-order valence-corrected chi connectivity index (χ3v) is 3.53. The minimum absolute atomic E-state index is 0.343. The van der Waals surface area contributed by atoms with Crippen LogP contribution < -0.4 is 0 Å². The van der Waals surface area contributed by atoms with Crippen molar-refractivity contribution in [2.45, 2.75) is 0 Å². The van der Waals surface area contributed by atoms with Crippen LogP contribution in [0, 0.1) is 0 Å². The summed E-state index contributed by atoms with van der Waals surface area (Å²) in [6.45, 7) is 0. The number of nitrogens with one attached hydrogen (secondary N) is 1. The van der Waals surface area contributed by atoms with Crippen LogP contribution in [0.25, 0.3) is 21.7 Å². The highest BCUT2D eigenvalue weighted by atomic mass is 32.1. The van der Waals surface area contributed by atoms with E-state index in [9.17, 15) is 4.79 Å². The van der Waals surface area contributed by atoms with Crippen LogP contribution in [-0.4, -0.2) is 23.0 Å². The fourth-order valence-corrected chi connectivity index (χ4v) is 2.45. The van der Waals surface area contributed by atoms with Gasteiger partial charge in [0.1, 0.15) is 5.82 Å². The molecule has 1 aromatic carbocycles. The number of carbonyl (C=O) groups excluding carboxylic acids is 1. The number of hydrogen-bond acceptors (Lipinski definition) is 4. The Hall–Kier alpha value is -2.14. The Labute approximate surface area is 107 Å². The van der Waals surface area contributed by atoms with E-state index in [2.05, 4.69) is 9.97 Å². The number of methoxy groups -OCH3 is 1. The Balaban J connectivity index is 2.10. The number of carbonyl (C=O) groups is 1. The van der Waals surface area contributed by atoms with Gasteiger partial charge in [0.05, 0.1) is 28.6 Å². The van der Waals surface area contributed by atoms with E-state index in [4.69, 9.17) is 4.74 Å². The molecular formula is C13H10N2O2S. The lowest BCUT2D eigenvalue weighted by Gasteiger charge is -1.97. The van der Waals surface area contributed by atoms with Gasteiger partial charge in [-0.05, 0) is 29.6 Å². The summed E-state index contributed by atoms with van der Waals surface area (Å²) in [7, 11) is 1.37. The molecule has 0 fully saturated rings. The summed E-state index contributed by atoms with van der Waals surface area (Å²) in [5.41, 5.74) is 2.19. The van der Waals surface area contributed by atoms with Crippen molar-refractivity contribution in [3.63, 3.8) is 0 Å². The molecule has 4 nitrogen and oxygen atoms in total. The summed E-state index contributed by atoms with van der Waals surface area (Å²) in [6.07, 6.45) is 0. The lowest BCUT2D eigenvalue weighted by molar-refractivity contribution is 0.0601. The monoisotopic (exact) mass is 258 g/mol. The number of nitrogens with zero attached hydrogens (tertiary/aromatic N) is 1. The van der Waals surface area contributed by atoms with Crippen LogP contribution in [0.2, 0.25) is 0 Å². The first-order valence-corrected chi connectivity index (χ1v) is 6.28. The molecule has 0 unspecified atom stereocenters. The van der Waals surface area contributed by atoms with Gasteiger partial charge in [0, 0.05) is 0 Å². The molecule has 5 heteroatoms. The lowest BCUT2D eigenvalue weighted by atomic mass is 10.2. The van der Waals surface area contributed by atoms with Crippen LogP contribution in [0.15, 0.2) is 35.7 Å². The fourth-order valence-electron chi connectivity index (χ4n) is 1.78. The quantitative estimate of drug-likeness (QED) is 0.719. The SMILES string of the molecule is COC(=O)c1ccc2nc(-c3cccs3)[nH]c2c1. The molecule has 90 valence electrons. The van der Waals surface area contributed by atoms with Gasteiger partial charge >= 0.3 is 5.97 Å². The first-order valence-electron chi connectivity index (χ1n) is 5.40. The maximum absolute atomic E-state index is 11.4. The Kier molecular flexibility index (Phi) is 2.60. The Morgan fingerprint density at radius 2 is 2.28 bits per heavy atom. The maximum Gasteiger partial charge on any atom is 0.337 e. The molecule has 2 aromatic heterocycles. The Morgan fingerprint density at radius 1 is 1.39 bits per heavy atom. The van der Waals surface area contributed by atoms with Gasteiger partial charge < -0.3 is 9.72 Å². The predicted octanol–water partition coefficient (Wildman–Crippen LogP) is 3.08. The molecule has 0 saturated carbocycles. The van der Waals surface area contributed by atoms with Crippen molar-refractivity contribution in [3.05, 3.63) is 41.3 Å². The topological polar surface area (TPSA) is 55.0 Å². The van der Waals surface area contributed by atoms with Gasteiger partial charge in [-0.25, -0.2) is 9.78 Å². The summed E-state index contributed by atoms with van der Waals surface area (Å²) >= 11 is 1.62. The van der Waals surface area contributed by atoms with Crippen LogP contribution in [0.1, 0.15) is 10.4 Å². The number of imidazole rings is 1. The molecular weight excluding hydrogens is 248 g/mol. The standard InChI is InChI=1S/C13H10N2O2S/c1-17-13(16)8-4-5-9-10(7-8)15-12(14-9)11-3-2-6-18-11/h2-7H,1H3,(H,14,15). The van der Waals surface area contributed by atoms with Crippen LogP contribution in [0.5, 0.6) is 0 Å². The molecule has 0 radical (unpaired) electrons. The predicted molar refractivity (Wildman–Crippen MR) is 70.7 cm³/mol. The molecule has 1 N–H and O–H groups in total. The van der Waals surface area contributed by atoms with Gasteiger partial charge in [-0.1, -0.05) is 6.07 Å². The highest BCUT2D eigenvalue weighted by Crippen LogP contribution is 2.25. The number of aromatic nitrogens is 2. The Morgan fingerprint density at radius 3 is 3.00 bits per heavy atom. The van der Waals surface area contributed by atoms with E-state index < -0.39 is 0 Å². The average molecular weight is 258 g/mol. The third kappa shape index (κ3) is 1.78. The lowest BCUT2D eigenvalue weighted by Crippen LogP contribution is -2.00. The number of esters is 1. The van der Waals surface area contributed by atoms with Crippen molar-refractivity contribution in [2.75, 3.05) is 7.11 Å². The summed E-state index contributed by atoms with van der Waals surface area (Å²) in [5.74, 6) is 0.478. The van der Waals surface area contributed by atoms with Crippen LogP contribution in [0.3, 0.4) is 0 Å². The van der Waals surface area contributed by atoms with Crippen LogP contribution >= 0.6 is 11.3 Å². The molecule has 18 heavy (non-hydrogen) atoms. The van der Waals surface area contributed by atoms with Crippen molar-refractivity contribution in [2.24, 2.45) is 0 Å². The molecule has 0 aliphatic heterocycles. The number of benzene rings is 1. The van der Waals surface area contributed by atoms with Gasteiger partial charge in [-0.15, -0.1) is 11.3 Å². The van der Waals surface area contributed by atoms with Gasteiger partial charge in [-0.2, -0.15) is 0 Å². The normalized spacial score (nSPS) is 10.7. The molecule has 0 aliphatic rings. The third-order valence-electron chi connectivity index (χ3n) is 2.66. The second kappa shape index (κ2) is 4.27. The fraction of sp³-hybridized carbons (Fsp3) is 0.0769. The number of H-pyrrole nitrogens is 1. The van der Waals surface area contributed by atoms with Crippen molar-refractivity contribution < 1.29 is 9.53 Å². The minimum Gasteiger partial charge on any atom is -0.465 e. The van der Waals surface area contributed by atoms with Gasteiger partial charge in [0.2, 0.25) is 0 Å². The first kappa shape index (κ1) is 11.0. The first-order chi connectivity index (χ1) is 8.78. The molecule has 3 rings (SSSR count). The average Bonchev–Trinajstić information content (AvgIpc) is 3.04. The zero-order chi connectivity index (χ0) is 12.5. The van der Waals surface area contributed by atoms with E-state index in [-0.39, 0.29) is 5.97 Å². The molecule has 0 amide bonds. The largest absolute Gasteiger partial charge is 0.465 e. The number of ether oxygens (including phenoxy) is 1. The zero-order valence-corrected chi connectivity index (χ0v) is 10.5. The maximum atomic E-state index is 11.4. The van der Waals surface area contributed by atoms with Gasteiger partial charge in [0.15, 0.2) is 0 Å². The molecule has 0 spiro atoms. The van der Waals surface area contributed by atoms with Crippen LogP contribution in [-0.2, 0) is 4.74 Å². The highest BCUT2D eigenvalue weighted by molar-refractivity contribution is 7.13.